The molecule has 0 radical (unpaired) electrons. The lowest BCUT2D eigenvalue weighted by atomic mass is 9.98. The van der Waals surface area contributed by atoms with E-state index >= 15 is 0 Å². The van der Waals surface area contributed by atoms with Crippen LogP contribution in [-0.2, 0) is 23.7 Å². The van der Waals surface area contributed by atoms with Gasteiger partial charge in [-0.2, -0.15) is 0 Å². The van der Waals surface area contributed by atoms with Crippen molar-refractivity contribution in [2.45, 2.75) is 30.7 Å². The van der Waals surface area contributed by atoms with Gasteiger partial charge >= 0.3 is 0 Å². The van der Waals surface area contributed by atoms with Crippen molar-refractivity contribution in [3.05, 3.63) is 0 Å². The topological polar surface area (TPSA) is 66.4 Å². The van der Waals surface area contributed by atoms with Crippen LogP contribution in [0.3, 0.4) is 0 Å². The molecule has 16 heavy (non-hydrogen) atoms. The summed E-state index contributed by atoms with van der Waals surface area (Å²) in [4.78, 5) is 0. The molecule has 0 amide bonds. The van der Waals surface area contributed by atoms with Crippen LogP contribution < -0.4 is 0 Å². The minimum Gasteiger partial charge on any atom is -0.382 e. The number of hydrogen-bond acceptors (Lipinski definition) is 6. The second kappa shape index (κ2) is 6.48. The Labute approximate surface area is 95.4 Å². The van der Waals surface area contributed by atoms with Crippen LogP contribution >= 0.6 is 0 Å². The third kappa shape index (κ3) is 2.71. The Balaban J connectivity index is 2.78. The molecule has 6 nitrogen and oxygen atoms in total. The van der Waals surface area contributed by atoms with Gasteiger partial charge in [-0.1, -0.05) is 0 Å². The summed E-state index contributed by atoms with van der Waals surface area (Å²) in [6.07, 6.45) is -2.71. The standard InChI is InChI=1S/C10H20O6/c1-12-5-6-7(13-2)8(14-3)9(15-4)10(11)16-6/h6-11H,5H2,1-4H3/t6-,7+,8+,9-,10+/m1/s1. The zero-order valence-corrected chi connectivity index (χ0v) is 10.1. The summed E-state index contributed by atoms with van der Waals surface area (Å²) in [7, 11) is 6.16. The van der Waals surface area contributed by atoms with Crippen molar-refractivity contribution in [1.29, 1.82) is 0 Å². The minimum atomic E-state index is -1.04. The average Bonchev–Trinajstić information content (AvgIpc) is 2.28. The zero-order chi connectivity index (χ0) is 12.1. The Bertz CT molecular complexity index is 200. The molecule has 0 aromatic heterocycles. The Morgan fingerprint density at radius 1 is 0.938 bits per heavy atom. The zero-order valence-electron chi connectivity index (χ0n) is 10.1. The van der Waals surface area contributed by atoms with Gasteiger partial charge in [-0.3, -0.25) is 0 Å². The van der Waals surface area contributed by atoms with E-state index in [4.69, 9.17) is 23.7 Å². The molecule has 1 aliphatic rings. The first kappa shape index (κ1) is 13.8. The third-order valence-corrected chi connectivity index (χ3v) is 2.76. The van der Waals surface area contributed by atoms with Crippen molar-refractivity contribution in [2.75, 3.05) is 35.0 Å². The summed E-state index contributed by atoms with van der Waals surface area (Å²) in [5, 5.41) is 9.74. The van der Waals surface area contributed by atoms with Gasteiger partial charge in [0.2, 0.25) is 0 Å². The second-order valence-electron chi connectivity index (χ2n) is 3.62. The molecule has 1 saturated heterocycles. The van der Waals surface area contributed by atoms with Crippen LogP contribution in [0.1, 0.15) is 0 Å². The van der Waals surface area contributed by atoms with Crippen molar-refractivity contribution in [2.24, 2.45) is 0 Å². The molecule has 1 heterocycles. The second-order valence-corrected chi connectivity index (χ2v) is 3.62. The van der Waals surface area contributed by atoms with E-state index in [1.807, 2.05) is 0 Å². The van der Waals surface area contributed by atoms with Gasteiger partial charge in [0.25, 0.3) is 0 Å². The first-order chi connectivity index (χ1) is 7.69. The molecule has 96 valence electrons. The fourth-order valence-corrected chi connectivity index (χ4v) is 2.00. The predicted molar refractivity (Wildman–Crippen MR) is 55.1 cm³/mol. The monoisotopic (exact) mass is 236 g/mol. The van der Waals surface area contributed by atoms with Crippen LogP contribution in [0.25, 0.3) is 0 Å². The third-order valence-electron chi connectivity index (χ3n) is 2.76. The smallest absolute Gasteiger partial charge is 0.184 e. The molecular weight excluding hydrogens is 216 g/mol. The molecule has 1 N–H and O–H groups in total. The highest BCUT2D eigenvalue weighted by Crippen LogP contribution is 2.25. The molecule has 0 saturated carbocycles. The average molecular weight is 236 g/mol. The van der Waals surface area contributed by atoms with Gasteiger partial charge in [-0.15, -0.1) is 0 Å². The largest absolute Gasteiger partial charge is 0.382 e. The van der Waals surface area contributed by atoms with E-state index in [0.29, 0.717) is 6.61 Å². The Morgan fingerprint density at radius 2 is 1.50 bits per heavy atom. The van der Waals surface area contributed by atoms with Crippen LogP contribution in [0.15, 0.2) is 0 Å². The molecule has 1 fully saturated rings. The quantitative estimate of drug-likeness (QED) is 0.687. The fourth-order valence-electron chi connectivity index (χ4n) is 2.00. The number of methoxy groups -OCH3 is 4. The molecule has 1 aliphatic heterocycles. The van der Waals surface area contributed by atoms with E-state index in [-0.39, 0.29) is 18.3 Å². The van der Waals surface area contributed by atoms with E-state index in [9.17, 15) is 5.11 Å². The van der Waals surface area contributed by atoms with Crippen molar-refractivity contribution < 1.29 is 28.8 Å². The summed E-state index contributed by atoms with van der Waals surface area (Å²) in [5.41, 5.74) is 0. The summed E-state index contributed by atoms with van der Waals surface area (Å²) in [5.74, 6) is 0. The highest BCUT2D eigenvalue weighted by molar-refractivity contribution is 4.91. The Morgan fingerprint density at radius 3 is 1.94 bits per heavy atom. The van der Waals surface area contributed by atoms with Gasteiger partial charge < -0.3 is 28.8 Å². The van der Waals surface area contributed by atoms with Crippen LogP contribution in [0.2, 0.25) is 0 Å². The van der Waals surface area contributed by atoms with Crippen molar-refractivity contribution in [3.63, 3.8) is 0 Å². The first-order valence-corrected chi connectivity index (χ1v) is 5.10. The molecule has 6 heteroatoms. The van der Waals surface area contributed by atoms with E-state index in [1.165, 1.54) is 7.11 Å². The number of rotatable bonds is 5. The van der Waals surface area contributed by atoms with Gasteiger partial charge in [0.15, 0.2) is 6.29 Å². The van der Waals surface area contributed by atoms with E-state index in [0.717, 1.165) is 0 Å². The van der Waals surface area contributed by atoms with E-state index in [1.54, 1.807) is 21.3 Å². The molecular formula is C10H20O6. The minimum absolute atomic E-state index is 0.325. The van der Waals surface area contributed by atoms with Crippen LogP contribution in [0.5, 0.6) is 0 Å². The van der Waals surface area contributed by atoms with Gasteiger partial charge in [-0.25, -0.2) is 0 Å². The lowest BCUT2D eigenvalue weighted by Gasteiger charge is -2.42. The van der Waals surface area contributed by atoms with Gasteiger partial charge in [0, 0.05) is 28.4 Å². The number of ether oxygens (including phenoxy) is 5. The lowest BCUT2D eigenvalue weighted by molar-refractivity contribution is -0.300. The predicted octanol–water partition coefficient (Wildman–Crippen LogP) is -0.605. The SMILES string of the molecule is COC[C@H]1O[C@H](O)[C@H](OC)[C@@H](OC)[C@H]1OC. The van der Waals surface area contributed by atoms with Crippen LogP contribution in [0, 0.1) is 0 Å². The maximum absolute atomic E-state index is 9.74. The maximum Gasteiger partial charge on any atom is 0.184 e. The number of aliphatic hydroxyl groups excluding tert-OH is 1. The normalized spacial score (nSPS) is 39.9. The fraction of sp³-hybridized carbons (Fsp3) is 1.00. The van der Waals surface area contributed by atoms with E-state index < -0.39 is 12.4 Å². The lowest BCUT2D eigenvalue weighted by Crippen LogP contribution is -2.60. The summed E-state index contributed by atoms with van der Waals surface area (Å²) < 4.78 is 26.1. The summed E-state index contributed by atoms with van der Waals surface area (Å²) in [6, 6.07) is 0. The van der Waals surface area contributed by atoms with Gasteiger partial charge in [0.1, 0.15) is 24.4 Å². The number of hydrogen-bond donors (Lipinski definition) is 1. The molecule has 0 aliphatic carbocycles. The molecule has 5 atom stereocenters. The van der Waals surface area contributed by atoms with Crippen molar-refractivity contribution in [3.8, 4) is 0 Å². The molecule has 1 rings (SSSR count). The summed E-state index contributed by atoms with van der Waals surface area (Å²) in [6.45, 7) is 0.325. The molecule has 0 unspecified atom stereocenters. The van der Waals surface area contributed by atoms with Crippen molar-refractivity contribution >= 4 is 0 Å². The van der Waals surface area contributed by atoms with Gasteiger partial charge in [0.05, 0.1) is 6.61 Å². The van der Waals surface area contributed by atoms with Crippen molar-refractivity contribution in [1.82, 2.24) is 0 Å². The highest BCUT2D eigenvalue weighted by Gasteiger charge is 2.46. The molecule has 0 spiro atoms. The molecule has 0 aromatic carbocycles. The van der Waals surface area contributed by atoms with Crippen LogP contribution in [-0.4, -0.2) is 70.9 Å². The highest BCUT2D eigenvalue weighted by atomic mass is 16.7. The molecule has 0 bridgehead atoms. The van der Waals surface area contributed by atoms with E-state index in [2.05, 4.69) is 0 Å². The summed E-state index contributed by atoms with van der Waals surface area (Å²) >= 11 is 0. The first-order valence-electron chi connectivity index (χ1n) is 5.10. The Kier molecular flexibility index (Phi) is 5.60. The molecule has 0 aromatic rings. The van der Waals surface area contributed by atoms with Gasteiger partial charge in [-0.05, 0) is 0 Å². The van der Waals surface area contributed by atoms with Crippen LogP contribution in [0.4, 0.5) is 0 Å². The maximum atomic E-state index is 9.74. The number of aliphatic hydroxyl groups is 1. The Hall–Kier alpha value is -0.240.